The molecule has 0 unspecified atom stereocenters. The van der Waals surface area contributed by atoms with Gasteiger partial charge in [-0.1, -0.05) is 0 Å². The molecule has 0 amide bonds. The summed E-state index contributed by atoms with van der Waals surface area (Å²) in [5, 5.41) is 2.92. The Bertz CT molecular complexity index is 550. The number of rotatable bonds is 6. The first-order chi connectivity index (χ1) is 9.17. The van der Waals surface area contributed by atoms with E-state index in [9.17, 15) is 12.8 Å². The summed E-state index contributed by atoms with van der Waals surface area (Å²) in [6.45, 7) is 5.49. The van der Waals surface area contributed by atoms with Crippen LogP contribution in [0.5, 0.6) is 5.75 Å². The molecule has 0 bridgehead atoms. The van der Waals surface area contributed by atoms with Gasteiger partial charge < -0.3 is 10.1 Å². The summed E-state index contributed by atoms with van der Waals surface area (Å²) in [6, 6.07) is 4.20. The predicted octanol–water partition coefficient (Wildman–Crippen LogP) is 2.14. The van der Waals surface area contributed by atoms with E-state index in [-0.39, 0.29) is 18.2 Å². The van der Waals surface area contributed by atoms with E-state index in [0.29, 0.717) is 17.9 Å². The van der Waals surface area contributed by atoms with Crippen LogP contribution in [0.2, 0.25) is 0 Å². The highest BCUT2D eigenvalue weighted by Crippen LogP contribution is 2.21. The van der Waals surface area contributed by atoms with Gasteiger partial charge in [0.1, 0.15) is 18.2 Å². The van der Waals surface area contributed by atoms with Gasteiger partial charge in [0.15, 0.2) is 9.84 Å². The third kappa shape index (κ3) is 4.45. The summed E-state index contributed by atoms with van der Waals surface area (Å²) in [5.74, 6) is 0.0992. The zero-order chi connectivity index (χ0) is 15.4. The summed E-state index contributed by atoms with van der Waals surface area (Å²) in [7, 11) is -1.47. The van der Waals surface area contributed by atoms with Crippen molar-refractivity contribution in [1.82, 2.24) is 5.32 Å². The Balaban J connectivity index is 2.72. The van der Waals surface area contributed by atoms with Crippen molar-refractivity contribution >= 4 is 9.84 Å². The first-order valence-electron chi connectivity index (χ1n) is 6.45. The maximum atomic E-state index is 13.2. The van der Waals surface area contributed by atoms with Crippen molar-refractivity contribution < 1.29 is 17.5 Å². The molecular formula is C14H22FNO3S. The third-order valence-corrected chi connectivity index (χ3v) is 5.50. The molecule has 0 atom stereocenters. The van der Waals surface area contributed by atoms with Crippen LogP contribution >= 0.6 is 0 Å². The zero-order valence-electron chi connectivity index (χ0n) is 12.4. The third-order valence-electron chi connectivity index (χ3n) is 2.93. The molecule has 0 saturated heterocycles. The number of ether oxygens (including phenoxy) is 1. The van der Waals surface area contributed by atoms with Crippen molar-refractivity contribution in [3.05, 3.63) is 29.6 Å². The Morgan fingerprint density at radius 3 is 2.50 bits per heavy atom. The van der Waals surface area contributed by atoms with Crippen LogP contribution in [0.1, 0.15) is 26.3 Å². The average molecular weight is 303 g/mol. The van der Waals surface area contributed by atoms with Crippen LogP contribution in [0.4, 0.5) is 4.39 Å². The monoisotopic (exact) mass is 303 g/mol. The van der Waals surface area contributed by atoms with Gasteiger partial charge in [-0.05, 0) is 46.0 Å². The minimum absolute atomic E-state index is 0.0575. The first kappa shape index (κ1) is 16.9. The molecule has 20 heavy (non-hydrogen) atoms. The SMILES string of the molecule is CNCc1cc(F)ccc1OCCS(=O)(=O)C(C)(C)C. The Morgan fingerprint density at radius 2 is 1.95 bits per heavy atom. The van der Waals surface area contributed by atoms with Crippen LogP contribution in [0, 0.1) is 5.82 Å². The maximum absolute atomic E-state index is 13.2. The van der Waals surface area contributed by atoms with E-state index >= 15 is 0 Å². The van der Waals surface area contributed by atoms with Crippen LogP contribution in [0.15, 0.2) is 18.2 Å². The van der Waals surface area contributed by atoms with Crippen molar-refractivity contribution in [1.29, 1.82) is 0 Å². The van der Waals surface area contributed by atoms with Gasteiger partial charge in [0.05, 0.1) is 10.5 Å². The molecule has 0 aliphatic rings. The normalized spacial score (nSPS) is 12.4. The average Bonchev–Trinajstić information content (AvgIpc) is 2.30. The zero-order valence-corrected chi connectivity index (χ0v) is 13.2. The standard InChI is InChI=1S/C14H22FNO3S/c1-14(2,3)20(17,18)8-7-19-13-6-5-12(15)9-11(13)10-16-4/h5-6,9,16H,7-8,10H2,1-4H3. The van der Waals surface area contributed by atoms with E-state index < -0.39 is 14.6 Å². The van der Waals surface area contributed by atoms with E-state index in [0.717, 1.165) is 0 Å². The number of halogens is 1. The topological polar surface area (TPSA) is 55.4 Å². The van der Waals surface area contributed by atoms with Gasteiger partial charge in [0.2, 0.25) is 0 Å². The quantitative estimate of drug-likeness (QED) is 0.875. The fraction of sp³-hybridized carbons (Fsp3) is 0.571. The van der Waals surface area contributed by atoms with E-state index in [4.69, 9.17) is 4.74 Å². The van der Waals surface area contributed by atoms with Gasteiger partial charge in [-0.3, -0.25) is 0 Å². The maximum Gasteiger partial charge on any atom is 0.158 e. The summed E-state index contributed by atoms with van der Waals surface area (Å²) < 4.78 is 41.8. The van der Waals surface area contributed by atoms with Gasteiger partial charge in [-0.25, -0.2) is 12.8 Å². The second kappa shape index (κ2) is 6.54. The molecule has 4 nitrogen and oxygen atoms in total. The molecule has 0 radical (unpaired) electrons. The largest absolute Gasteiger partial charge is 0.492 e. The Morgan fingerprint density at radius 1 is 1.30 bits per heavy atom. The van der Waals surface area contributed by atoms with Crippen molar-refractivity contribution in [3.8, 4) is 5.75 Å². The fourth-order valence-electron chi connectivity index (χ4n) is 1.58. The van der Waals surface area contributed by atoms with Gasteiger partial charge in [0, 0.05) is 12.1 Å². The molecule has 0 aromatic heterocycles. The van der Waals surface area contributed by atoms with Gasteiger partial charge >= 0.3 is 0 Å². The van der Waals surface area contributed by atoms with E-state index in [1.807, 2.05) is 0 Å². The van der Waals surface area contributed by atoms with Gasteiger partial charge in [-0.15, -0.1) is 0 Å². The molecule has 1 aromatic rings. The van der Waals surface area contributed by atoms with Crippen LogP contribution in [0.25, 0.3) is 0 Å². The van der Waals surface area contributed by atoms with Crippen LogP contribution < -0.4 is 10.1 Å². The minimum Gasteiger partial charge on any atom is -0.492 e. The molecule has 0 fully saturated rings. The highest BCUT2D eigenvalue weighted by atomic mass is 32.2. The molecule has 114 valence electrons. The lowest BCUT2D eigenvalue weighted by atomic mass is 10.2. The lowest BCUT2D eigenvalue weighted by molar-refractivity contribution is 0.334. The molecule has 0 aliphatic carbocycles. The Kier molecular flexibility index (Phi) is 5.53. The van der Waals surface area contributed by atoms with Crippen molar-refractivity contribution in [2.45, 2.75) is 32.1 Å². The smallest absolute Gasteiger partial charge is 0.158 e. The number of sulfone groups is 1. The van der Waals surface area contributed by atoms with Crippen molar-refractivity contribution in [3.63, 3.8) is 0 Å². The van der Waals surface area contributed by atoms with Gasteiger partial charge in [0.25, 0.3) is 0 Å². The van der Waals surface area contributed by atoms with Gasteiger partial charge in [-0.2, -0.15) is 0 Å². The molecule has 0 saturated carbocycles. The van der Waals surface area contributed by atoms with E-state index in [2.05, 4.69) is 5.32 Å². The number of hydrogen-bond acceptors (Lipinski definition) is 4. The molecule has 6 heteroatoms. The molecule has 1 rings (SSSR count). The first-order valence-corrected chi connectivity index (χ1v) is 8.11. The molecule has 1 aromatic carbocycles. The highest BCUT2D eigenvalue weighted by molar-refractivity contribution is 7.92. The van der Waals surface area contributed by atoms with E-state index in [1.54, 1.807) is 27.8 Å². The molecule has 0 aliphatic heterocycles. The summed E-state index contributed by atoms with van der Waals surface area (Å²) in [5.41, 5.74) is 0.667. The lowest BCUT2D eigenvalue weighted by Crippen LogP contribution is -2.32. The predicted molar refractivity (Wildman–Crippen MR) is 78.2 cm³/mol. The molecule has 0 heterocycles. The lowest BCUT2D eigenvalue weighted by Gasteiger charge is -2.19. The second-order valence-electron chi connectivity index (χ2n) is 5.56. The number of benzene rings is 1. The van der Waals surface area contributed by atoms with Crippen LogP contribution in [0.3, 0.4) is 0 Å². The van der Waals surface area contributed by atoms with Crippen LogP contribution in [-0.2, 0) is 16.4 Å². The molecule has 1 N–H and O–H groups in total. The number of nitrogens with one attached hydrogen (secondary N) is 1. The Labute approximate surface area is 120 Å². The van der Waals surface area contributed by atoms with Crippen molar-refractivity contribution in [2.75, 3.05) is 19.4 Å². The second-order valence-corrected chi connectivity index (χ2v) is 8.42. The summed E-state index contributed by atoms with van der Waals surface area (Å²) in [6.07, 6.45) is 0. The van der Waals surface area contributed by atoms with Crippen molar-refractivity contribution in [2.24, 2.45) is 0 Å². The molecule has 0 spiro atoms. The highest BCUT2D eigenvalue weighted by Gasteiger charge is 2.28. The summed E-state index contributed by atoms with van der Waals surface area (Å²) in [4.78, 5) is 0. The number of hydrogen-bond donors (Lipinski definition) is 1. The Hall–Kier alpha value is -1.14. The minimum atomic E-state index is -3.22. The molecular weight excluding hydrogens is 281 g/mol. The fourth-order valence-corrected chi connectivity index (χ4v) is 2.50. The van der Waals surface area contributed by atoms with E-state index in [1.165, 1.54) is 18.2 Å². The summed E-state index contributed by atoms with van der Waals surface area (Å²) >= 11 is 0. The van der Waals surface area contributed by atoms with Crippen LogP contribution in [-0.4, -0.2) is 32.6 Å².